The Labute approximate surface area is 117 Å². The Kier molecular flexibility index (Phi) is 4.12. The minimum absolute atomic E-state index is 0.448. The molecule has 2 aromatic rings. The number of thiazole rings is 1. The zero-order chi connectivity index (χ0) is 12.4. The monoisotopic (exact) mass is 331 g/mol. The zero-order valence-corrected chi connectivity index (χ0v) is 12.7. The lowest BCUT2D eigenvalue weighted by molar-refractivity contribution is 0.867. The van der Waals surface area contributed by atoms with Crippen molar-refractivity contribution < 1.29 is 0 Å². The Balaban J connectivity index is 2.48. The van der Waals surface area contributed by atoms with Crippen LogP contribution in [0.15, 0.2) is 9.85 Å². The van der Waals surface area contributed by atoms with Gasteiger partial charge in [0, 0.05) is 5.38 Å². The molecule has 0 aromatic carbocycles. The van der Waals surface area contributed by atoms with Crippen LogP contribution in [0.2, 0.25) is 5.15 Å². The minimum Gasteiger partial charge on any atom is -0.238 e. The molecule has 0 atom stereocenters. The lowest BCUT2D eigenvalue weighted by Crippen LogP contribution is -1.98. The molecule has 2 rings (SSSR count). The van der Waals surface area contributed by atoms with Crippen molar-refractivity contribution in [2.75, 3.05) is 0 Å². The second kappa shape index (κ2) is 5.42. The van der Waals surface area contributed by atoms with Crippen molar-refractivity contribution in [1.29, 1.82) is 0 Å². The first kappa shape index (κ1) is 12.9. The Morgan fingerprint density at radius 1 is 1.35 bits per heavy atom. The fourth-order valence-corrected chi connectivity index (χ4v) is 2.60. The summed E-state index contributed by atoms with van der Waals surface area (Å²) >= 11 is 11.1. The molecular weight excluding hydrogens is 322 g/mol. The summed E-state index contributed by atoms with van der Waals surface area (Å²) in [6, 6.07) is 0. The summed E-state index contributed by atoms with van der Waals surface area (Å²) in [5.74, 6) is 0.603. The van der Waals surface area contributed by atoms with Gasteiger partial charge in [-0.1, -0.05) is 24.9 Å². The van der Waals surface area contributed by atoms with Gasteiger partial charge in [0.25, 0.3) is 0 Å². The quantitative estimate of drug-likeness (QED) is 0.788. The Morgan fingerprint density at radius 3 is 2.71 bits per heavy atom. The molecule has 2 aromatic heterocycles. The predicted molar refractivity (Wildman–Crippen MR) is 74.6 cm³/mol. The molecule has 0 aliphatic heterocycles. The molecule has 0 aliphatic rings. The van der Waals surface area contributed by atoms with E-state index in [2.05, 4.69) is 37.8 Å². The third-order valence-corrected chi connectivity index (χ3v) is 4.32. The normalized spacial score (nSPS) is 10.8. The number of hydrogen-bond acceptors (Lipinski definition) is 4. The van der Waals surface area contributed by atoms with Gasteiger partial charge in [-0.2, -0.15) is 0 Å². The maximum atomic E-state index is 6.09. The van der Waals surface area contributed by atoms with E-state index in [0.29, 0.717) is 11.0 Å². The standard InChI is InChI=1S/C11H11BrClN3S/c1-3-4-7-9(12)10(13)16-11(15-7)8-5-17-6(2)14-8/h5H,3-4H2,1-2H3. The third-order valence-electron chi connectivity index (χ3n) is 2.21. The first-order valence-corrected chi connectivity index (χ1v) is 7.31. The Morgan fingerprint density at radius 2 is 2.12 bits per heavy atom. The molecule has 2 heterocycles. The van der Waals surface area contributed by atoms with Gasteiger partial charge in [0.05, 0.1) is 15.2 Å². The number of aryl methyl sites for hydroxylation is 2. The van der Waals surface area contributed by atoms with E-state index in [1.807, 2.05) is 12.3 Å². The SMILES string of the molecule is CCCc1nc(-c2csc(C)n2)nc(Cl)c1Br. The molecule has 0 N–H and O–H groups in total. The highest BCUT2D eigenvalue weighted by Gasteiger charge is 2.13. The first-order valence-electron chi connectivity index (χ1n) is 5.26. The summed E-state index contributed by atoms with van der Waals surface area (Å²) < 4.78 is 0.789. The van der Waals surface area contributed by atoms with Crippen molar-refractivity contribution in [3.8, 4) is 11.5 Å². The molecule has 0 saturated heterocycles. The smallest absolute Gasteiger partial charge is 0.180 e. The van der Waals surface area contributed by atoms with Gasteiger partial charge in [-0.15, -0.1) is 11.3 Å². The second-order valence-electron chi connectivity index (χ2n) is 3.60. The first-order chi connectivity index (χ1) is 8.11. The van der Waals surface area contributed by atoms with Crippen LogP contribution in [0, 0.1) is 6.92 Å². The molecule has 3 nitrogen and oxygen atoms in total. The zero-order valence-electron chi connectivity index (χ0n) is 9.50. The summed E-state index contributed by atoms with van der Waals surface area (Å²) in [7, 11) is 0. The van der Waals surface area contributed by atoms with Crippen LogP contribution < -0.4 is 0 Å². The van der Waals surface area contributed by atoms with Gasteiger partial charge < -0.3 is 0 Å². The summed E-state index contributed by atoms with van der Waals surface area (Å²) in [5.41, 5.74) is 1.73. The second-order valence-corrected chi connectivity index (χ2v) is 5.81. The average Bonchev–Trinajstić information content (AvgIpc) is 2.71. The lowest BCUT2D eigenvalue weighted by atomic mass is 10.2. The van der Waals surface area contributed by atoms with E-state index in [-0.39, 0.29) is 0 Å². The van der Waals surface area contributed by atoms with Crippen molar-refractivity contribution in [1.82, 2.24) is 15.0 Å². The summed E-state index contributed by atoms with van der Waals surface area (Å²) in [5, 5.41) is 3.40. The van der Waals surface area contributed by atoms with Gasteiger partial charge in [-0.3, -0.25) is 0 Å². The van der Waals surface area contributed by atoms with Crippen LogP contribution in [0.1, 0.15) is 24.0 Å². The molecule has 90 valence electrons. The number of rotatable bonds is 3. The van der Waals surface area contributed by atoms with E-state index >= 15 is 0 Å². The van der Waals surface area contributed by atoms with E-state index in [1.54, 1.807) is 11.3 Å². The van der Waals surface area contributed by atoms with E-state index in [1.165, 1.54) is 0 Å². The highest BCUT2D eigenvalue weighted by atomic mass is 79.9. The van der Waals surface area contributed by atoms with Crippen LogP contribution >= 0.6 is 38.9 Å². The van der Waals surface area contributed by atoms with Crippen LogP contribution in [0.3, 0.4) is 0 Å². The Bertz CT molecular complexity index is 542. The van der Waals surface area contributed by atoms with Gasteiger partial charge in [0.1, 0.15) is 10.8 Å². The molecule has 0 spiro atoms. The summed E-state index contributed by atoms with van der Waals surface area (Å²) in [4.78, 5) is 13.1. The van der Waals surface area contributed by atoms with Crippen molar-refractivity contribution in [3.05, 3.63) is 25.7 Å². The molecule has 6 heteroatoms. The lowest BCUT2D eigenvalue weighted by Gasteiger charge is -2.05. The minimum atomic E-state index is 0.448. The highest BCUT2D eigenvalue weighted by molar-refractivity contribution is 9.10. The molecule has 0 unspecified atom stereocenters. The van der Waals surface area contributed by atoms with E-state index in [0.717, 1.165) is 33.7 Å². The molecule has 0 bridgehead atoms. The van der Waals surface area contributed by atoms with Gasteiger partial charge in [-0.25, -0.2) is 15.0 Å². The van der Waals surface area contributed by atoms with E-state index in [9.17, 15) is 0 Å². The average molecular weight is 333 g/mol. The predicted octanol–water partition coefficient (Wildman–Crippen LogP) is 4.28. The van der Waals surface area contributed by atoms with Crippen molar-refractivity contribution >= 4 is 38.9 Å². The third kappa shape index (κ3) is 2.84. The molecule has 0 fully saturated rings. The molecule has 17 heavy (non-hydrogen) atoms. The molecule has 0 radical (unpaired) electrons. The van der Waals surface area contributed by atoms with E-state index in [4.69, 9.17) is 11.6 Å². The van der Waals surface area contributed by atoms with Gasteiger partial charge >= 0.3 is 0 Å². The van der Waals surface area contributed by atoms with Crippen LogP contribution in [-0.2, 0) is 6.42 Å². The molecule has 0 saturated carbocycles. The summed E-state index contributed by atoms with van der Waals surface area (Å²) in [6.07, 6.45) is 1.89. The van der Waals surface area contributed by atoms with Gasteiger partial charge in [-0.05, 0) is 29.3 Å². The van der Waals surface area contributed by atoms with Gasteiger partial charge in [0.2, 0.25) is 0 Å². The van der Waals surface area contributed by atoms with Crippen LogP contribution in [0.5, 0.6) is 0 Å². The highest BCUT2D eigenvalue weighted by Crippen LogP contribution is 2.28. The van der Waals surface area contributed by atoms with Crippen LogP contribution in [0.25, 0.3) is 11.5 Å². The van der Waals surface area contributed by atoms with Crippen molar-refractivity contribution in [2.24, 2.45) is 0 Å². The molecule has 0 aliphatic carbocycles. The topological polar surface area (TPSA) is 38.7 Å². The van der Waals surface area contributed by atoms with Crippen LogP contribution in [0.4, 0.5) is 0 Å². The fraction of sp³-hybridized carbons (Fsp3) is 0.364. The van der Waals surface area contributed by atoms with Gasteiger partial charge in [0.15, 0.2) is 5.82 Å². The number of aromatic nitrogens is 3. The fourth-order valence-electron chi connectivity index (χ4n) is 1.45. The van der Waals surface area contributed by atoms with Crippen molar-refractivity contribution in [3.63, 3.8) is 0 Å². The number of nitrogens with zero attached hydrogens (tertiary/aromatic N) is 3. The van der Waals surface area contributed by atoms with E-state index < -0.39 is 0 Å². The van der Waals surface area contributed by atoms with Crippen molar-refractivity contribution in [2.45, 2.75) is 26.7 Å². The largest absolute Gasteiger partial charge is 0.238 e. The Hall–Kier alpha value is -0.520. The molecule has 0 amide bonds. The molecular formula is C11H11BrClN3S. The van der Waals surface area contributed by atoms with Crippen LogP contribution in [-0.4, -0.2) is 15.0 Å². The summed E-state index contributed by atoms with van der Waals surface area (Å²) in [6.45, 7) is 4.07. The maximum Gasteiger partial charge on any atom is 0.180 e. The number of hydrogen-bond donors (Lipinski definition) is 0. The maximum absolute atomic E-state index is 6.09. The number of halogens is 2.